The fraction of sp³-hybridized carbons (Fsp3) is 1.00. The molecular formula is C15H34N2. The van der Waals surface area contributed by atoms with Gasteiger partial charge in [0.05, 0.1) is 0 Å². The number of nitrogens with one attached hydrogen (secondary N) is 1. The molecule has 17 heavy (non-hydrogen) atoms. The quantitative estimate of drug-likeness (QED) is 0.632. The fourth-order valence-corrected chi connectivity index (χ4v) is 2.46. The van der Waals surface area contributed by atoms with Gasteiger partial charge in [0.15, 0.2) is 0 Å². The second-order valence-electron chi connectivity index (χ2n) is 6.05. The van der Waals surface area contributed by atoms with Crippen molar-refractivity contribution in [3.63, 3.8) is 0 Å². The summed E-state index contributed by atoms with van der Waals surface area (Å²) in [4.78, 5) is 2.64. The Morgan fingerprint density at radius 2 is 1.41 bits per heavy atom. The minimum atomic E-state index is 0.669. The second kappa shape index (κ2) is 9.90. The van der Waals surface area contributed by atoms with Crippen molar-refractivity contribution >= 4 is 0 Å². The summed E-state index contributed by atoms with van der Waals surface area (Å²) in [7, 11) is 0. The van der Waals surface area contributed by atoms with E-state index in [0.29, 0.717) is 6.04 Å². The van der Waals surface area contributed by atoms with E-state index in [1.54, 1.807) is 0 Å². The zero-order chi connectivity index (χ0) is 13.3. The number of nitrogens with zero attached hydrogens (tertiary/aromatic N) is 1. The van der Waals surface area contributed by atoms with Gasteiger partial charge in [-0.1, -0.05) is 48.0 Å². The fourth-order valence-electron chi connectivity index (χ4n) is 2.46. The Labute approximate surface area is 109 Å². The van der Waals surface area contributed by atoms with Crippen LogP contribution in [-0.2, 0) is 0 Å². The summed E-state index contributed by atoms with van der Waals surface area (Å²) in [5, 5.41) is 3.62. The van der Waals surface area contributed by atoms with E-state index in [2.05, 4.69) is 51.8 Å². The van der Waals surface area contributed by atoms with Gasteiger partial charge >= 0.3 is 0 Å². The van der Waals surface area contributed by atoms with Crippen molar-refractivity contribution in [1.29, 1.82) is 0 Å². The highest BCUT2D eigenvalue weighted by atomic mass is 15.1. The Balaban J connectivity index is 4.24. The molecular weight excluding hydrogens is 208 g/mol. The Hall–Kier alpha value is -0.0800. The van der Waals surface area contributed by atoms with Gasteiger partial charge < -0.3 is 10.2 Å². The average Bonchev–Trinajstić information content (AvgIpc) is 2.15. The first-order valence-electron chi connectivity index (χ1n) is 7.45. The van der Waals surface area contributed by atoms with Gasteiger partial charge in [0.1, 0.15) is 0 Å². The molecule has 0 heterocycles. The molecule has 0 amide bonds. The molecule has 1 atom stereocenters. The second-order valence-corrected chi connectivity index (χ2v) is 6.05. The number of likely N-dealkylation sites (N-methyl/N-ethyl adjacent to an activating group) is 1. The van der Waals surface area contributed by atoms with Crippen molar-refractivity contribution in [3.05, 3.63) is 0 Å². The maximum Gasteiger partial charge on any atom is 0.0194 e. The molecule has 0 aliphatic heterocycles. The van der Waals surface area contributed by atoms with Crippen molar-refractivity contribution < 1.29 is 0 Å². The van der Waals surface area contributed by atoms with E-state index in [0.717, 1.165) is 18.4 Å². The van der Waals surface area contributed by atoms with E-state index in [1.807, 2.05) is 0 Å². The van der Waals surface area contributed by atoms with Crippen LogP contribution in [0.5, 0.6) is 0 Å². The first-order chi connectivity index (χ1) is 7.99. The largest absolute Gasteiger partial charge is 0.313 e. The van der Waals surface area contributed by atoms with E-state index in [-0.39, 0.29) is 0 Å². The van der Waals surface area contributed by atoms with Crippen LogP contribution in [0.15, 0.2) is 0 Å². The molecule has 0 rings (SSSR count). The molecule has 0 aromatic rings. The molecule has 1 unspecified atom stereocenters. The third kappa shape index (κ3) is 9.61. The van der Waals surface area contributed by atoms with E-state index in [4.69, 9.17) is 0 Å². The van der Waals surface area contributed by atoms with Crippen molar-refractivity contribution in [1.82, 2.24) is 10.2 Å². The van der Waals surface area contributed by atoms with Gasteiger partial charge in [0.2, 0.25) is 0 Å². The van der Waals surface area contributed by atoms with Crippen LogP contribution in [0.2, 0.25) is 0 Å². The molecule has 0 aromatic heterocycles. The van der Waals surface area contributed by atoms with E-state index >= 15 is 0 Å². The Kier molecular flexibility index (Phi) is 9.85. The van der Waals surface area contributed by atoms with Crippen LogP contribution >= 0.6 is 0 Å². The Morgan fingerprint density at radius 1 is 0.882 bits per heavy atom. The van der Waals surface area contributed by atoms with Gasteiger partial charge in [0.25, 0.3) is 0 Å². The lowest BCUT2D eigenvalue weighted by molar-refractivity contribution is 0.194. The zero-order valence-electron chi connectivity index (χ0n) is 12.9. The minimum absolute atomic E-state index is 0.669. The van der Waals surface area contributed by atoms with Crippen LogP contribution in [0.1, 0.15) is 54.4 Å². The number of hydrogen-bond donors (Lipinski definition) is 1. The molecule has 2 heteroatoms. The highest BCUT2D eigenvalue weighted by Crippen LogP contribution is 2.07. The predicted molar refractivity (Wildman–Crippen MR) is 78.5 cm³/mol. The smallest absolute Gasteiger partial charge is 0.0194 e. The SMILES string of the molecule is CCCC(CN(CC(C)C)CC(C)C)NCC. The van der Waals surface area contributed by atoms with Crippen LogP contribution in [-0.4, -0.2) is 37.1 Å². The molecule has 0 saturated heterocycles. The lowest BCUT2D eigenvalue weighted by Crippen LogP contribution is -2.43. The highest BCUT2D eigenvalue weighted by Gasteiger charge is 2.14. The topological polar surface area (TPSA) is 15.3 Å². The Morgan fingerprint density at radius 3 is 1.76 bits per heavy atom. The normalized spacial score (nSPS) is 13.9. The van der Waals surface area contributed by atoms with Crippen molar-refractivity contribution in [3.8, 4) is 0 Å². The molecule has 104 valence electrons. The van der Waals surface area contributed by atoms with Gasteiger partial charge in [0, 0.05) is 25.7 Å². The van der Waals surface area contributed by atoms with Gasteiger partial charge in [-0.3, -0.25) is 0 Å². The van der Waals surface area contributed by atoms with Crippen LogP contribution in [0.3, 0.4) is 0 Å². The summed E-state index contributed by atoms with van der Waals surface area (Å²) in [6, 6.07) is 0.669. The summed E-state index contributed by atoms with van der Waals surface area (Å²) in [5.41, 5.74) is 0. The van der Waals surface area contributed by atoms with Crippen molar-refractivity contribution in [2.24, 2.45) is 11.8 Å². The lowest BCUT2D eigenvalue weighted by Gasteiger charge is -2.30. The van der Waals surface area contributed by atoms with Crippen LogP contribution in [0, 0.1) is 11.8 Å². The summed E-state index contributed by atoms with van der Waals surface area (Å²) in [6.45, 7) is 18.5. The van der Waals surface area contributed by atoms with Gasteiger partial charge in [-0.25, -0.2) is 0 Å². The maximum atomic E-state index is 3.62. The molecule has 0 aliphatic rings. The van der Waals surface area contributed by atoms with Crippen LogP contribution < -0.4 is 5.32 Å². The standard InChI is InChI=1S/C15H34N2/c1-7-9-15(16-8-2)12-17(10-13(3)4)11-14(5)6/h13-16H,7-12H2,1-6H3. The average molecular weight is 242 g/mol. The van der Waals surface area contributed by atoms with Crippen LogP contribution in [0.25, 0.3) is 0 Å². The third-order valence-electron chi connectivity index (χ3n) is 2.86. The molecule has 0 spiro atoms. The third-order valence-corrected chi connectivity index (χ3v) is 2.86. The van der Waals surface area contributed by atoms with Gasteiger partial charge in [-0.05, 0) is 24.8 Å². The summed E-state index contributed by atoms with van der Waals surface area (Å²) >= 11 is 0. The minimum Gasteiger partial charge on any atom is -0.313 e. The first-order valence-corrected chi connectivity index (χ1v) is 7.45. The van der Waals surface area contributed by atoms with Gasteiger partial charge in [-0.2, -0.15) is 0 Å². The summed E-state index contributed by atoms with van der Waals surface area (Å²) in [5.74, 6) is 1.52. The highest BCUT2D eigenvalue weighted by molar-refractivity contribution is 4.73. The van der Waals surface area contributed by atoms with Crippen LogP contribution in [0.4, 0.5) is 0 Å². The van der Waals surface area contributed by atoms with E-state index in [9.17, 15) is 0 Å². The number of rotatable bonds is 10. The molecule has 0 saturated carbocycles. The maximum absolute atomic E-state index is 3.62. The van der Waals surface area contributed by atoms with Gasteiger partial charge in [-0.15, -0.1) is 0 Å². The predicted octanol–water partition coefficient (Wildman–Crippen LogP) is 3.38. The molecule has 0 aromatic carbocycles. The molecule has 0 radical (unpaired) electrons. The van der Waals surface area contributed by atoms with Crippen molar-refractivity contribution in [2.75, 3.05) is 26.2 Å². The molecule has 0 aliphatic carbocycles. The summed E-state index contributed by atoms with van der Waals surface area (Å²) in [6.07, 6.45) is 2.56. The monoisotopic (exact) mass is 242 g/mol. The first kappa shape index (κ1) is 16.9. The molecule has 2 nitrogen and oxygen atoms in total. The summed E-state index contributed by atoms with van der Waals surface area (Å²) < 4.78 is 0. The molecule has 1 N–H and O–H groups in total. The lowest BCUT2D eigenvalue weighted by atomic mass is 10.1. The molecule has 0 fully saturated rings. The van der Waals surface area contributed by atoms with E-state index in [1.165, 1.54) is 32.5 Å². The zero-order valence-corrected chi connectivity index (χ0v) is 12.9. The van der Waals surface area contributed by atoms with E-state index < -0.39 is 0 Å². The number of hydrogen-bond acceptors (Lipinski definition) is 2. The van der Waals surface area contributed by atoms with Crippen molar-refractivity contribution in [2.45, 2.75) is 60.4 Å². The Bertz CT molecular complexity index is 150. The molecule has 0 bridgehead atoms.